The maximum absolute atomic E-state index is 10.7. The zero-order valence-corrected chi connectivity index (χ0v) is 13.2. The average molecular weight is 347 g/mol. The number of nitrogens with two attached hydrogens (primary N) is 1. The van der Waals surface area contributed by atoms with Crippen molar-refractivity contribution >= 4 is 16.9 Å². The van der Waals surface area contributed by atoms with E-state index in [-0.39, 0.29) is 5.82 Å². The van der Waals surface area contributed by atoms with Crippen LogP contribution in [0.5, 0.6) is 0 Å². The molecule has 1 aliphatic heterocycles. The van der Waals surface area contributed by atoms with E-state index in [0.717, 1.165) is 0 Å². The van der Waals surface area contributed by atoms with Gasteiger partial charge in [0.25, 0.3) is 0 Å². The predicted octanol–water partition coefficient (Wildman–Crippen LogP) is -1.20. The number of nitrogen functional groups attached to an aromatic ring is 1. The number of aromatic nitrogens is 6. The Morgan fingerprint density at radius 3 is 2.88 bits per heavy atom. The van der Waals surface area contributed by atoms with Crippen molar-refractivity contribution in [1.29, 1.82) is 0 Å². The molecule has 6 N–H and O–H groups in total. The van der Waals surface area contributed by atoms with Crippen LogP contribution >= 0.6 is 0 Å². The molecular weight excluding hydrogens is 330 g/mol. The summed E-state index contributed by atoms with van der Waals surface area (Å²) >= 11 is 0. The fraction of sp³-hybridized carbons (Fsp3) is 0.429. The van der Waals surface area contributed by atoms with Crippen LogP contribution in [0.4, 0.5) is 5.82 Å². The zero-order valence-electron chi connectivity index (χ0n) is 13.2. The Labute approximate surface area is 141 Å². The molecule has 132 valence electrons. The van der Waals surface area contributed by atoms with Gasteiger partial charge in [-0.15, -0.1) is 0 Å². The van der Waals surface area contributed by atoms with Gasteiger partial charge >= 0.3 is 0 Å². The minimum atomic E-state index is -1.70. The van der Waals surface area contributed by atoms with Crippen molar-refractivity contribution in [2.75, 3.05) is 12.3 Å². The second-order valence-electron chi connectivity index (χ2n) is 6.10. The van der Waals surface area contributed by atoms with E-state index < -0.39 is 30.6 Å². The van der Waals surface area contributed by atoms with E-state index in [4.69, 9.17) is 10.5 Å². The normalized spacial score (nSPS) is 29.5. The van der Waals surface area contributed by atoms with Crippen LogP contribution < -0.4 is 5.73 Å². The lowest BCUT2D eigenvalue weighted by Gasteiger charge is -2.26. The number of rotatable bonds is 3. The van der Waals surface area contributed by atoms with Gasteiger partial charge < -0.3 is 25.8 Å². The van der Waals surface area contributed by atoms with Crippen molar-refractivity contribution < 1.29 is 20.1 Å². The van der Waals surface area contributed by atoms with Crippen molar-refractivity contribution in [2.24, 2.45) is 0 Å². The van der Waals surface area contributed by atoms with Crippen molar-refractivity contribution in [3.05, 3.63) is 18.6 Å². The molecule has 0 aliphatic carbocycles. The Morgan fingerprint density at radius 2 is 2.24 bits per heavy atom. The molecule has 0 bridgehead atoms. The molecule has 11 nitrogen and oxygen atoms in total. The lowest BCUT2D eigenvalue weighted by molar-refractivity contribution is -0.100. The lowest BCUT2D eigenvalue weighted by Crippen LogP contribution is -2.44. The molecule has 25 heavy (non-hydrogen) atoms. The fourth-order valence-corrected chi connectivity index (χ4v) is 3.08. The Kier molecular flexibility index (Phi) is 3.47. The van der Waals surface area contributed by atoms with E-state index in [0.29, 0.717) is 22.4 Å². The summed E-state index contributed by atoms with van der Waals surface area (Å²) in [5, 5.41) is 41.9. The summed E-state index contributed by atoms with van der Waals surface area (Å²) in [4.78, 5) is 8.18. The van der Waals surface area contributed by atoms with Crippen LogP contribution in [0.25, 0.3) is 22.4 Å². The van der Waals surface area contributed by atoms with Gasteiger partial charge in [-0.05, 0) is 13.0 Å². The van der Waals surface area contributed by atoms with Crippen LogP contribution in [0.2, 0.25) is 0 Å². The van der Waals surface area contributed by atoms with Gasteiger partial charge in [0.1, 0.15) is 35.6 Å². The van der Waals surface area contributed by atoms with Crippen molar-refractivity contribution in [2.45, 2.75) is 31.0 Å². The Bertz CT molecular complexity index is 907. The molecule has 0 aromatic carbocycles. The highest BCUT2D eigenvalue weighted by Crippen LogP contribution is 2.40. The number of aliphatic hydroxyl groups is 3. The number of anilines is 1. The molecule has 11 heteroatoms. The Balaban J connectivity index is 1.93. The topological polar surface area (TPSA) is 168 Å². The molecule has 0 radical (unpaired) electrons. The lowest BCUT2D eigenvalue weighted by atomic mass is 9.97. The van der Waals surface area contributed by atoms with Gasteiger partial charge in [-0.3, -0.25) is 5.10 Å². The van der Waals surface area contributed by atoms with Crippen LogP contribution in [0.1, 0.15) is 13.2 Å². The molecule has 0 spiro atoms. The van der Waals surface area contributed by atoms with E-state index in [1.54, 1.807) is 12.3 Å². The minimum Gasteiger partial charge on any atom is -0.394 e. The molecule has 4 heterocycles. The Hall–Kier alpha value is -2.60. The maximum Gasteiger partial charge on any atom is 0.183 e. The van der Waals surface area contributed by atoms with Gasteiger partial charge in [-0.1, -0.05) is 0 Å². The summed E-state index contributed by atoms with van der Waals surface area (Å²) in [5.41, 5.74) is 5.64. The number of H-pyrrole nitrogens is 1. The van der Waals surface area contributed by atoms with E-state index in [2.05, 4.69) is 25.3 Å². The second-order valence-corrected chi connectivity index (χ2v) is 6.10. The zero-order chi connectivity index (χ0) is 17.8. The number of aliphatic hydroxyl groups excluding tert-OH is 2. The molecule has 1 aliphatic rings. The molecule has 4 rings (SSSR count). The molecule has 0 saturated carbocycles. The van der Waals surface area contributed by atoms with E-state index in [1.165, 1.54) is 17.9 Å². The predicted molar refractivity (Wildman–Crippen MR) is 84.9 cm³/mol. The third-order valence-electron chi connectivity index (χ3n) is 4.43. The number of hydrogen-bond acceptors (Lipinski definition) is 9. The first-order valence-electron chi connectivity index (χ1n) is 7.60. The first kappa shape index (κ1) is 15.9. The smallest absolute Gasteiger partial charge is 0.183 e. The first-order valence-corrected chi connectivity index (χ1v) is 7.60. The van der Waals surface area contributed by atoms with Crippen molar-refractivity contribution in [3.63, 3.8) is 0 Å². The first-order chi connectivity index (χ1) is 11.9. The molecule has 0 amide bonds. The number of hydrogen-bond donors (Lipinski definition) is 5. The van der Waals surface area contributed by atoms with E-state index >= 15 is 0 Å². The highest BCUT2D eigenvalue weighted by atomic mass is 16.6. The quantitative estimate of drug-likeness (QED) is 0.390. The van der Waals surface area contributed by atoms with E-state index in [9.17, 15) is 15.3 Å². The SMILES string of the molecule is C[C@@]1(O)[C@H](O)[C@@H](CO)O[C@H]1n1nc(-c2ccn[nH]2)c2c(N)ncnc21. The largest absolute Gasteiger partial charge is 0.394 e. The minimum absolute atomic E-state index is 0.206. The van der Waals surface area contributed by atoms with Gasteiger partial charge in [-0.2, -0.15) is 10.2 Å². The molecule has 4 atom stereocenters. The summed E-state index contributed by atoms with van der Waals surface area (Å²) in [5.74, 6) is 0.206. The third-order valence-corrected chi connectivity index (χ3v) is 4.43. The Morgan fingerprint density at radius 1 is 1.44 bits per heavy atom. The summed E-state index contributed by atoms with van der Waals surface area (Å²) < 4.78 is 6.96. The van der Waals surface area contributed by atoms with Gasteiger partial charge in [0, 0.05) is 6.20 Å². The third kappa shape index (κ3) is 2.21. The summed E-state index contributed by atoms with van der Waals surface area (Å²) in [6.07, 6.45) is -0.483. The van der Waals surface area contributed by atoms with Crippen LogP contribution in [0.3, 0.4) is 0 Å². The summed E-state index contributed by atoms with van der Waals surface area (Å²) in [6.45, 7) is 0.962. The standard InChI is InChI=1S/C14H17N7O4/c1-14(24)10(23)7(4-22)25-13(14)21-12-8(11(15)16-5-17-12)9(20-21)6-2-3-18-19-6/h2-3,5,7,10,13,22-24H,4H2,1H3,(H,18,19)(H2,15,16,17)/t7-,10-,13-,14-/m1/s1. The number of ether oxygens (including phenoxy) is 1. The molecular formula is C14H17N7O4. The van der Waals surface area contributed by atoms with Gasteiger partial charge in [0.2, 0.25) is 0 Å². The molecule has 3 aromatic heterocycles. The van der Waals surface area contributed by atoms with Gasteiger partial charge in [0.15, 0.2) is 11.9 Å². The van der Waals surface area contributed by atoms with Crippen molar-refractivity contribution in [1.82, 2.24) is 29.9 Å². The number of aromatic amines is 1. The molecule has 1 saturated heterocycles. The number of nitrogens with zero attached hydrogens (tertiary/aromatic N) is 5. The fourth-order valence-electron chi connectivity index (χ4n) is 3.08. The van der Waals surface area contributed by atoms with Gasteiger partial charge in [-0.25, -0.2) is 14.6 Å². The highest BCUT2D eigenvalue weighted by molar-refractivity contribution is 5.97. The second kappa shape index (κ2) is 5.46. The van der Waals surface area contributed by atoms with Crippen LogP contribution in [0, 0.1) is 0 Å². The molecule has 3 aromatic rings. The van der Waals surface area contributed by atoms with Crippen LogP contribution in [-0.4, -0.2) is 69.7 Å². The molecule has 1 fully saturated rings. The number of fused-ring (bicyclic) bond motifs is 1. The van der Waals surface area contributed by atoms with Gasteiger partial charge in [0.05, 0.1) is 17.7 Å². The van der Waals surface area contributed by atoms with E-state index in [1.807, 2.05) is 0 Å². The summed E-state index contributed by atoms with van der Waals surface area (Å²) in [6, 6.07) is 1.71. The van der Waals surface area contributed by atoms with Crippen molar-refractivity contribution in [3.8, 4) is 11.4 Å². The highest BCUT2D eigenvalue weighted by Gasteiger charge is 2.54. The maximum atomic E-state index is 10.7. The average Bonchev–Trinajstić information content (AvgIpc) is 3.27. The molecule has 0 unspecified atom stereocenters. The summed E-state index contributed by atoms with van der Waals surface area (Å²) in [7, 11) is 0. The number of nitrogens with one attached hydrogen (secondary N) is 1. The van der Waals surface area contributed by atoms with Crippen LogP contribution in [-0.2, 0) is 4.74 Å². The van der Waals surface area contributed by atoms with Crippen LogP contribution in [0.15, 0.2) is 18.6 Å². The monoisotopic (exact) mass is 347 g/mol.